The Morgan fingerprint density at radius 3 is 2.35 bits per heavy atom. The number of carbonyl (C=O) groups excluding carboxylic acids is 2. The number of ketones is 1. The Hall–Kier alpha value is -2.62. The standard InChI is InChI=1S/C27H35NO3/c1-5-15-27(16-14-19-10-7-6-8-11-19)18-22(29)23(25(30)31-27)24(26(2,3)4)20-12-9-13-21(28)17-20/h6-13,17,23-24H,5,14-16,18,28H2,1-4H3. The second kappa shape index (κ2) is 9.25. The molecule has 0 bridgehead atoms. The molecule has 0 radical (unpaired) electrons. The summed E-state index contributed by atoms with van der Waals surface area (Å²) >= 11 is 0. The number of carbonyl (C=O) groups is 2. The van der Waals surface area contributed by atoms with Crippen molar-refractivity contribution in [2.45, 2.75) is 71.3 Å². The van der Waals surface area contributed by atoms with E-state index < -0.39 is 11.5 Å². The van der Waals surface area contributed by atoms with Gasteiger partial charge in [0, 0.05) is 18.0 Å². The average molecular weight is 422 g/mol. The maximum absolute atomic E-state index is 13.5. The van der Waals surface area contributed by atoms with Gasteiger partial charge in [0.2, 0.25) is 0 Å². The molecule has 2 aromatic rings. The SMILES string of the molecule is CCCC1(CCc2ccccc2)CC(=O)C(C(c2cccc(N)c2)C(C)(C)C)C(=O)O1. The van der Waals surface area contributed by atoms with Crippen LogP contribution in [0.15, 0.2) is 54.6 Å². The first-order valence-corrected chi connectivity index (χ1v) is 11.3. The van der Waals surface area contributed by atoms with Gasteiger partial charge >= 0.3 is 5.97 Å². The molecule has 3 atom stereocenters. The summed E-state index contributed by atoms with van der Waals surface area (Å²) in [5, 5.41) is 0. The lowest BCUT2D eigenvalue weighted by Crippen LogP contribution is -2.51. The van der Waals surface area contributed by atoms with Crippen LogP contribution in [0.5, 0.6) is 0 Å². The second-order valence-electron chi connectivity index (χ2n) is 9.97. The minimum absolute atomic E-state index is 0.0138. The Bertz CT molecular complexity index is 896. The first kappa shape index (κ1) is 23.1. The largest absolute Gasteiger partial charge is 0.458 e. The van der Waals surface area contributed by atoms with Gasteiger partial charge in [0.05, 0.1) is 0 Å². The zero-order valence-corrected chi connectivity index (χ0v) is 19.2. The van der Waals surface area contributed by atoms with Crippen molar-refractivity contribution in [3.05, 3.63) is 65.7 Å². The Morgan fingerprint density at radius 2 is 1.77 bits per heavy atom. The highest BCUT2D eigenvalue weighted by molar-refractivity contribution is 6.02. The number of ether oxygens (including phenoxy) is 1. The van der Waals surface area contributed by atoms with Gasteiger partial charge in [-0.3, -0.25) is 9.59 Å². The number of anilines is 1. The highest BCUT2D eigenvalue weighted by Crippen LogP contribution is 2.46. The number of esters is 1. The maximum atomic E-state index is 13.5. The number of Topliss-reactive ketones (excluding diaryl/α,β-unsaturated/α-hetero) is 1. The molecular weight excluding hydrogens is 386 g/mol. The number of nitrogens with two attached hydrogens (primary N) is 1. The van der Waals surface area contributed by atoms with Gasteiger partial charge in [0.25, 0.3) is 0 Å². The number of hydrogen-bond acceptors (Lipinski definition) is 4. The quantitative estimate of drug-likeness (QED) is 0.353. The van der Waals surface area contributed by atoms with E-state index in [2.05, 4.69) is 39.8 Å². The Kier molecular flexibility index (Phi) is 6.88. The summed E-state index contributed by atoms with van der Waals surface area (Å²) in [5.41, 5.74) is 7.73. The smallest absolute Gasteiger partial charge is 0.317 e. The zero-order chi connectivity index (χ0) is 22.6. The van der Waals surface area contributed by atoms with E-state index in [1.807, 2.05) is 42.5 Å². The molecule has 2 N–H and O–H groups in total. The monoisotopic (exact) mass is 421 g/mol. The van der Waals surface area contributed by atoms with E-state index in [1.165, 1.54) is 5.56 Å². The molecule has 0 spiro atoms. The Balaban J connectivity index is 1.88. The molecule has 1 saturated heterocycles. The molecule has 0 aromatic heterocycles. The van der Waals surface area contributed by atoms with Crippen LogP contribution in [-0.4, -0.2) is 17.4 Å². The second-order valence-corrected chi connectivity index (χ2v) is 9.97. The summed E-state index contributed by atoms with van der Waals surface area (Å²) in [7, 11) is 0. The Labute approximate surface area is 186 Å². The Morgan fingerprint density at radius 1 is 1.06 bits per heavy atom. The van der Waals surface area contributed by atoms with Gasteiger partial charge in [-0.25, -0.2) is 0 Å². The van der Waals surface area contributed by atoms with E-state index in [0.29, 0.717) is 18.5 Å². The van der Waals surface area contributed by atoms with Crippen LogP contribution in [0.3, 0.4) is 0 Å². The van der Waals surface area contributed by atoms with Crippen LogP contribution in [0.4, 0.5) is 5.69 Å². The number of aryl methyl sites for hydroxylation is 1. The number of rotatable bonds is 7. The van der Waals surface area contributed by atoms with Crippen molar-refractivity contribution in [1.82, 2.24) is 0 Å². The summed E-state index contributed by atoms with van der Waals surface area (Å²) in [5.74, 6) is -1.49. The molecule has 0 saturated carbocycles. The molecule has 2 aromatic carbocycles. The highest BCUT2D eigenvalue weighted by Gasteiger charge is 2.51. The van der Waals surface area contributed by atoms with Crippen LogP contribution in [-0.2, 0) is 20.7 Å². The number of hydrogen-bond donors (Lipinski definition) is 1. The summed E-state index contributed by atoms with van der Waals surface area (Å²) in [6.07, 6.45) is 3.27. The maximum Gasteiger partial charge on any atom is 0.317 e. The molecule has 3 rings (SSSR count). The highest BCUT2D eigenvalue weighted by atomic mass is 16.6. The van der Waals surface area contributed by atoms with Gasteiger partial charge in [-0.05, 0) is 47.9 Å². The molecule has 1 heterocycles. The average Bonchev–Trinajstić information content (AvgIpc) is 2.69. The summed E-state index contributed by atoms with van der Waals surface area (Å²) in [4.78, 5) is 26.9. The van der Waals surface area contributed by atoms with Crippen molar-refractivity contribution in [3.8, 4) is 0 Å². The van der Waals surface area contributed by atoms with Gasteiger partial charge in [-0.15, -0.1) is 0 Å². The minimum Gasteiger partial charge on any atom is -0.458 e. The fourth-order valence-corrected chi connectivity index (χ4v) is 5.02. The summed E-state index contributed by atoms with van der Waals surface area (Å²) in [6, 6.07) is 17.7. The third kappa shape index (κ3) is 5.36. The predicted octanol–water partition coefficient (Wildman–Crippen LogP) is 5.70. The minimum atomic E-state index is -0.802. The van der Waals surface area contributed by atoms with Crippen LogP contribution in [0.25, 0.3) is 0 Å². The van der Waals surface area contributed by atoms with E-state index >= 15 is 0 Å². The zero-order valence-electron chi connectivity index (χ0n) is 19.2. The van der Waals surface area contributed by atoms with E-state index in [1.54, 1.807) is 0 Å². The van der Waals surface area contributed by atoms with Gasteiger partial charge in [0.15, 0.2) is 5.78 Å². The van der Waals surface area contributed by atoms with Crippen molar-refractivity contribution in [3.63, 3.8) is 0 Å². The molecule has 4 heteroatoms. The third-order valence-corrected chi connectivity index (χ3v) is 6.37. The first-order valence-electron chi connectivity index (χ1n) is 11.3. The molecule has 1 aliphatic heterocycles. The van der Waals surface area contributed by atoms with Crippen molar-refractivity contribution < 1.29 is 14.3 Å². The van der Waals surface area contributed by atoms with Gasteiger partial charge in [-0.2, -0.15) is 0 Å². The fraction of sp³-hybridized carbons (Fsp3) is 0.481. The molecule has 31 heavy (non-hydrogen) atoms. The molecule has 1 aliphatic rings. The first-order chi connectivity index (χ1) is 14.6. The fourth-order valence-electron chi connectivity index (χ4n) is 5.02. The molecular formula is C27H35NO3. The van der Waals surface area contributed by atoms with E-state index in [-0.39, 0.29) is 29.5 Å². The molecule has 166 valence electrons. The summed E-state index contributed by atoms with van der Waals surface area (Å²) in [6.45, 7) is 8.25. The lowest BCUT2D eigenvalue weighted by atomic mass is 9.65. The molecule has 0 amide bonds. The number of cyclic esters (lactones) is 1. The van der Waals surface area contributed by atoms with Gasteiger partial charge < -0.3 is 10.5 Å². The third-order valence-electron chi connectivity index (χ3n) is 6.37. The normalized spacial score (nSPS) is 22.8. The van der Waals surface area contributed by atoms with Crippen molar-refractivity contribution in [2.75, 3.05) is 5.73 Å². The molecule has 4 nitrogen and oxygen atoms in total. The van der Waals surface area contributed by atoms with E-state index in [0.717, 1.165) is 18.4 Å². The van der Waals surface area contributed by atoms with Crippen LogP contribution >= 0.6 is 0 Å². The molecule has 3 unspecified atom stereocenters. The van der Waals surface area contributed by atoms with Crippen molar-refractivity contribution >= 4 is 17.4 Å². The molecule has 0 aliphatic carbocycles. The van der Waals surface area contributed by atoms with Gasteiger partial charge in [-0.1, -0.05) is 76.6 Å². The van der Waals surface area contributed by atoms with E-state index in [9.17, 15) is 9.59 Å². The van der Waals surface area contributed by atoms with Crippen molar-refractivity contribution in [2.24, 2.45) is 11.3 Å². The number of benzene rings is 2. The van der Waals surface area contributed by atoms with Gasteiger partial charge in [0.1, 0.15) is 11.5 Å². The molecule has 1 fully saturated rings. The van der Waals surface area contributed by atoms with Crippen LogP contribution < -0.4 is 5.73 Å². The lowest BCUT2D eigenvalue weighted by molar-refractivity contribution is -0.182. The van der Waals surface area contributed by atoms with E-state index in [4.69, 9.17) is 10.5 Å². The number of nitrogen functional groups attached to an aromatic ring is 1. The lowest BCUT2D eigenvalue weighted by Gasteiger charge is -2.44. The van der Waals surface area contributed by atoms with Crippen LogP contribution in [0.1, 0.15) is 70.4 Å². The van der Waals surface area contributed by atoms with Crippen LogP contribution in [0, 0.1) is 11.3 Å². The summed E-state index contributed by atoms with van der Waals surface area (Å²) < 4.78 is 6.16. The predicted molar refractivity (Wildman–Crippen MR) is 125 cm³/mol. The van der Waals surface area contributed by atoms with Crippen LogP contribution in [0.2, 0.25) is 0 Å². The van der Waals surface area contributed by atoms with Crippen molar-refractivity contribution in [1.29, 1.82) is 0 Å². The topological polar surface area (TPSA) is 69.4 Å².